The molecule has 1 atom stereocenters. The number of nitrogens with one attached hydrogen (secondary N) is 1. The van der Waals surface area contributed by atoms with Crippen LogP contribution in [0.1, 0.15) is 19.7 Å². The van der Waals surface area contributed by atoms with Crippen LogP contribution in [0.15, 0.2) is 6.33 Å². The molecule has 4 nitrogen and oxygen atoms in total. The van der Waals surface area contributed by atoms with E-state index in [0.29, 0.717) is 6.04 Å². The molecule has 0 saturated heterocycles. The van der Waals surface area contributed by atoms with E-state index in [2.05, 4.69) is 35.5 Å². The minimum atomic E-state index is 0.500. The Morgan fingerprint density at radius 1 is 1.53 bits per heavy atom. The minimum Gasteiger partial charge on any atom is -0.313 e. The molecule has 1 aromatic rings. The van der Waals surface area contributed by atoms with Crippen LogP contribution in [0.5, 0.6) is 0 Å². The predicted molar refractivity (Wildman–Crippen MR) is 65.2 cm³/mol. The third-order valence-corrected chi connectivity index (χ3v) is 3.02. The molecule has 0 saturated carbocycles. The molecule has 86 valence electrons. The number of nitrogens with zero attached hydrogens (tertiary/aromatic N) is 3. The summed E-state index contributed by atoms with van der Waals surface area (Å²) in [6.45, 7) is 6.13. The van der Waals surface area contributed by atoms with Crippen LogP contribution in [0, 0.1) is 0 Å². The second-order valence-electron chi connectivity index (χ2n) is 3.41. The number of likely N-dealkylation sites (N-methyl/N-ethyl adjacent to an activating group) is 1. The van der Waals surface area contributed by atoms with Gasteiger partial charge in [0, 0.05) is 24.8 Å². The Kier molecular flexibility index (Phi) is 5.71. The van der Waals surface area contributed by atoms with E-state index < -0.39 is 0 Å². The molecule has 1 heterocycles. The second kappa shape index (κ2) is 6.85. The molecule has 1 rings (SSSR count). The zero-order chi connectivity index (χ0) is 11.1. The molecular weight excluding hydrogens is 208 g/mol. The Morgan fingerprint density at radius 3 is 2.93 bits per heavy atom. The molecule has 0 aliphatic rings. The summed E-state index contributed by atoms with van der Waals surface area (Å²) < 4.78 is 1.96. The van der Waals surface area contributed by atoms with E-state index in [0.717, 1.165) is 31.1 Å². The van der Waals surface area contributed by atoms with Crippen molar-refractivity contribution in [1.82, 2.24) is 20.1 Å². The summed E-state index contributed by atoms with van der Waals surface area (Å²) in [5, 5.41) is 7.65. The molecule has 0 fully saturated rings. The quantitative estimate of drug-likeness (QED) is 0.761. The van der Waals surface area contributed by atoms with Gasteiger partial charge < -0.3 is 5.32 Å². The Labute approximate surface area is 95.9 Å². The van der Waals surface area contributed by atoms with Gasteiger partial charge in [0.25, 0.3) is 0 Å². The lowest BCUT2D eigenvalue weighted by Crippen LogP contribution is -2.34. The van der Waals surface area contributed by atoms with Crippen LogP contribution < -0.4 is 5.32 Å². The lowest BCUT2D eigenvalue weighted by Gasteiger charge is -2.16. The van der Waals surface area contributed by atoms with Gasteiger partial charge in [-0.2, -0.15) is 16.9 Å². The zero-order valence-electron chi connectivity index (χ0n) is 9.73. The molecule has 15 heavy (non-hydrogen) atoms. The van der Waals surface area contributed by atoms with Gasteiger partial charge in [-0.15, -0.1) is 0 Å². The highest BCUT2D eigenvalue weighted by atomic mass is 32.2. The number of rotatable bonds is 7. The number of aromatic nitrogens is 3. The first-order valence-corrected chi connectivity index (χ1v) is 6.80. The van der Waals surface area contributed by atoms with Crippen molar-refractivity contribution < 1.29 is 0 Å². The standard InChI is InChI=1S/C10H20N4S/c1-4-11-9(7-15-3)6-10-12-8-13-14(10)5-2/h8-9,11H,4-7H2,1-3H3. The number of thioether (sulfide) groups is 1. The minimum absolute atomic E-state index is 0.500. The molecule has 1 unspecified atom stereocenters. The van der Waals surface area contributed by atoms with Gasteiger partial charge in [0.2, 0.25) is 0 Å². The van der Waals surface area contributed by atoms with Crippen LogP contribution in [-0.4, -0.2) is 39.4 Å². The highest BCUT2D eigenvalue weighted by Gasteiger charge is 2.11. The Morgan fingerprint density at radius 2 is 2.33 bits per heavy atom. The van der Waals surface area contributed by atoms with E-state index in [1.54, 1.807) is 6.33 Å². The lowest BCUT2D eigenvalue weighted by atomic mass is 10.2. The summed E-state index contributed by atoms with van der Waals surface area (Å²) in [7, 11) is 0. The normalized spacial score (nSPS) is 13.0. The molecule has 1 aromatic heterocycles. The fourth-order valence-electron chi connectivity index (χ4n) is 1.61. The average Bonchev–Trinajstić information content (AvgIpc) is 2.66. The van der Waals surface area contributed by atoms with Crippen molar-refractivity contribution in [1.29, 1.82) is 0 Å². The molecule has 0 aliphatic heterocycles. The second-order valence-corrected chi connectivity index (χ2v) is 4.32. The van der Waals surface area contributed by atoms with Crippen molar-refractivity contribution in [3.63, 3.8) is 0 Å². The maximum Gasteiger partial charge on any atom is 0.138 e. The molecule has 1 N–H and O–H groups in total. The Hall–Kier alpha value is -0.550. The third kappa shape index (κ3) is 3.83. The van der Waals surface area contributed by atoms with Crippen LogP contribution in [0.2, 0.25) is 0 Å². The van der Waals surface area contributed by atoms with Crippen molar-refractivity contribution in [2.75, 3.05) is 18.6 Å². The van der Waals surface area contributed by atoms with Gasteiger partial charge in [0.1, 0.15) is 12.2 Å². The van der Waals surface area contributed by atoms with E-state index >= 15 is 0 Å². The van der Waals surface area contributed by atoms with Crippen molar-refractivity contribution >= 4 is 11.8 Å². The number of aryl methyl sites for hydroxylation is 1. The fraction of sp³-hybridized carbons (Fsp3) is 0.800. The maximum absolute atomic E-state index is 4.29. The number of hydrogen-bond donors (Lipinski definition) is 1. The summed E-state index contributed by atoms with van der Waals surface area (Å²) in [5.41, 5.74) is 0. The van der Waals surface area contributed by atoms with Crippen molar-refractivity contribution in [3.05, 3.63) is 12.2 Å². The lowest BCUT2D eigenvalue weighted by molar-refractivity contribution is 0.527. The van der Waals surface area contributed by atoms with Crippen molar-refractivity contribution in [2.24, 2.45) is 0 Å². The van der Waals surface area contributed by atoms with Gasteiger partial charge in [-0.1, -0.05) is 6.92 Å². The van der Waals surface area contributed by atoms with Gasteiger partial charge in [0.15, 0.2) is 0 Å². The van der Waals surface area contributed by atoms with Crippen LogP contribution >= 0.6 is 11.8 Å². The molecule has 0 radical (unpaired) electrons. The monoisotopic (exact) mass is 228 g/mol. The largest absolute Gasteiger partial charge is 0.313 e. The topological polar surface area (TPSA) is 42.7 Å². The molecule has 0 aromatic carbocycles. The van der Waals surface area contributed by atoms with E-state index in [1.165, 1.54) is 0 Å². The summed E-state index contributed by atoms with van der Waals surface area (Å²) >= 11 is 1.87. The molecule has 0 bridgehead atoms. The Balaban J connectivity index is 2.56. The van der Waals surface area contributed by atoms with E-state index in [1.807, 2.05) is 16.4 Å². The first kappa shape index (κ1) is 12.5. The van der Waals surface area contributed by atoms with E-state index in [-0.39, 0.29) is 0 Å². The van der Waals surface area contributed by atoms with Crippen molar-refractivity contribution in [2.45, 2.75) is 32.9 Å². The van der Waals surface area contributed by atoms with Crippen LogP contribution in [0.3, 0.4) is 0 Å². The van der Waals surface area contributed by atoms with E-state index in [4.69, 9.17) is 0 Å². The zero-order valence-corrected chi connectivity index (χ0v) is 10.5. The molecule has 0 aliphatic carbocycles. The van der Waals surface area contributed by atoms with Crippen LogP contribution in [0.25, 0.3) is 0 Å². The van der Waals surface area contributed by atoms with Gasteiger partial charge in [-0.25, -0.2) is 4.98 Å². The smallest absolute Gasteiger partial charge is 0.138 e. The molecule has 5 heteroatoms. The summed E-state index contributed by atoms with van der Waals surface area (Å²) in [6, 6.07) is 0.500. The summed E-state index contributed by atoms with van der Waals surface area (Å²) in [6.07, 6.45) is 4.73. The van der Waals surface area contributed by atoms with Gasteiger partial charge in [-0.3, -0.25) is 4.68 Å². The third-order valence-electron chi connectivity index (χ3n) is 2.28. The first-order chi connectivity index (χ1) is 7.31. The maximum atomic E-state index is 4.29. The van der Waals surface area contributed by atoms with Gasteiger partial charge >= 0.3 is 0 Å². The SMILES string of the molecule is CCNC(CSC)Cc1ncnn1CC. The highest BCUT2D eigenvalue weighted by Crippen LogP contribution is 2.04. The fourth-order valence-corrected chi connectivity index (χ4v) is 2.25. The average molecular weight is 228 g/mol. The van der Waals surface area contributed by atoms with Crippen LogP contribution in [-0.2, 0) is 13.0 Å². The van der Waals surface area contributed by atoms with E-state index in [9.17, 15) is 0 Å². The molecular formula is C10H20N4S. The first-order valence-electron chi connectivity index (χ1n) is 5.40. The van der Waals surface area contributed by atoms with Gasteiger partial charge in [0.05, 0.1) is 0 Å². The number of hydrogen-bond acceptors (Lipinski definition) is 4. The van der Waals surface area contributed by atoms with Crippen molar-refractivity contribution in [3.8, 4) is 0 Å². The summed E-state index contributed by atoms with van der Waals surface area (Å²) in [5.74, 6) is 2.20. The molecule has 0 amide bonds. The Bertz CT molecular complexity index is 268. The predicted octanol–water partition coefficient (Wildman–Crippen LogP) is 1.18. The van der Waals surface area contributed by atoms with Gasteiger partial charge in [-0.05, 0) is 19.7 Å². The van der Waals surface area contributed by atoms with Crippen LogP contribution in [0.4, 0.5) is 0 Å². The highest BCUT2D eigenvalue weighted by molar-refractivity contribution is 7.98. The molecule has 0 spiro atoms. The summed E-state index contributed by atoms with van der Waals surface area (Å²) in [4.78, 5) is 4.29.